The number of carbonyl (C=O) groups excluding carboxylic acids is 1. The molecule has 1 unspecified atom stereocenters. The molecule has 0 bridgehead atoms. The minimum Gasteiger partial charge on any atom is -0.396 e. The Morgan fingerprint density at radius 3 is 2.88 bits per heavy atom. The summed E-state index contributed by atoms with van der Waals surface area (Å²) in [5.74, 6) is 1.07. The topological polar surface area (TPSA) is 100 Å². The molecule has 25 heavy (non-hydrogen) atoms. The van der Waals surface area contributed by atoms with Crippen molar-refractivity contribution in [3.8, 4) is 0 Å². The molecule has 0 aliphatic heterocycles. The summed E-state index contributed by atoms with van der Waals surface area (Å²) in [5.41, 5.74) is 1.09. The second kappa shape index (κ2) is 7.94. The third kappa shape index (κ3) is 4.67. The molecule has 132 valence electrons. The highest BCUT2D eigenvalue weighted by Crippen LogP contribution is 2.17. The van der Waals surface area contributed by atoms with Gasteiger partial charge in [-0.15, -0.1) is 0 Å². The van der Waals surface area contributed by atoms with Crippen molar-refractivity contribution in [1.29, 1.82) is 0 Å². The number of aromatic nitrogens is 2. The third-order valence-electron chi connectivity index (χ3n) is 4.14. The molecule has 3 N–H and O–H groups in total. The molecular weight excluding hydrogens is 320 g/mol. The lowest BCUT2D eigenvalue weighted by Gasteiger charge is -2.15. The maximum Gasteiger partial charge on any atom is 0.315 e. The molecule has 0 fully saturated rings. The van der Waals surface area contributed by atoms with Crippen LogP contribution in [0.1, 0.15) is 36.7 Å². The quantitative estimate of drug-likeness (QED) is 0.697. The molecule has 2 amide bonds. The van der Waals surface area contributed by atoms with Crippen LogP contribution in [-0.4, -0.2) is 33.9 Å². The van der Waals surface area contributed by atoms with Crippen molar-refractivity contribution in [1.82, 2.24) is 20.8 Å². The van der Waals surface area contributed by atoms with E-state index in [1.807, 2.05) is 42.5 Å². The minimum atomic E-state index is -0.368. The smallest absolute Gasteiger partial charge is 0.315 e. The molecule has 3 rings (SSSR count). The summed E-state index contributed by atoms with van der Waals surface area (Å²) in [5, 5.41) is 18.7. The summed E-state index contributed by atoms with van der Waals surface area (Å²) in [6.45, 7) is 1.90. The second-order valence-corrected chi connectivity index (χ2v) is 6.22. The van der Waals surface area contributed by atoms with Gasteiger partial charge in [-0.2, -0.15) is 4.98 Å². The average molecular weight is 342 g/mol. The number of aliphatic hydroxyl groups is 1. The van der Waals surface area contributed by atoms with Crippen molar-refractivity contribution in [2.45, 2.75) is 31.8 Å². The van der Waals surface area contributed by atoms with E-state index in [1.165, 1.54) is 0 Å². The van der Waals surface area contributed by atoms with Crippen LogP contribution in [-0.2, 0) is 6.42 Å². The van der Waals surface area contributed by atoms with Gasteiger partial charge in [-0.05, 0) is 18.9 Å². The van der Waals surface area contributed by atoms with E-state index in [9.17, 15) is 4.79 Å². The molecule has 1 heterocycles. The molecule has 0 radical (unpaired) electrons. The van der Waals surface area contributed by atoms with Crippen molar-refractivity contribution in [2.75, 3.05) is 6.61 Å². The van der Waals surface area contributed by atoms with Gasteiger partial charge in [-0.3, -0.25) is 0 Å². The first-order valence-electron chi connectivity index (χ1n) is 8.36. The van der Waals surface area contributed by atoms with Gasteiger partial charge in [0.25, 0.3) is 0 Å². The van der Waals surface area contributed by atoms with Crippen molar-refractivity contribution in [3.63, 3.8) is 0 Å². The number of hydrogen-bond donors (Lipinski definition) is 3. The number of nitrogens with one attached hydrogen (secondary N) is 2. The number of amides is 2. The molecule has 1 aliphatic carbocycles. The fraction of sp³-hybridized carbons (Fsp3) is 0.389. The van der Waals surface area contributed by atoms with E-state index in [4.69, 9.17) is 9.63 Å². The van der Waals surface area contributed by atoms with Crippen LogP contribution in [0.2, 0.25) is 0 Å². The van der Waals surface area contributed by atoms with Crippen molar-refractivity contribution in [3.05, 3.63) is 59.8 Å². The van der Waals surface area contributed by atoms with Gasteiger partial charge in [0.15, 0.2) is 5.82 Å². The molecule has 7 heteroatoms. The van der Waals surface area contributed by atoms with Crippen LogP contribution in [0.5, 0.6) is 0 Å². The maximum atomic E-state index is 12.1. The monoisotopic (exact) mass is 342 g/mol. The molecule has 0 spiro atoms. The van der Waals surface area contributed by atoms with Gasteiger partial charge >= 0.3 is 6.03 Å². The number of aliphatic hydroxyl groups excluding tert-OH is 1. The number of nitrogens with zero attached hydrogens (tertiary/aromatic N) is 2. The Labute approximate surface area is 146 Å². The number of urea groups is 1. The van der Waals surface area contributed by atoms with Crippen molar-refractivity contribution >= 4 is 6.03 Å². The van der Waals surface area contributed by atoms with Gasteiger partial charge < -0.3 is 20.3 Å². The van der Waals surface area contributed by atoms with Crippen LogP contribution < -0.4 is 10.6 Å². The molecule has 0 saturated carbocycles. The average Bonchev–Trinajstić information content (AvgIpc) is 3.25. The number of hydrogen-bond acceptors (Lipinski definition) is 5. The lowest BCUT2D eigenvalue weighted by molar-refractivity contribution is 0.228. The standard InChI is InChI=1S/C18H22N4O3/c1-12(19-18(24)20-15-8-7-14(9-15)11-23)17-21-16(25-22-17)10-13-5-3-2-4-6-13/h2-8,12,14-15,23H,9-11H2,1H3,(H2,19,20,24)/t12?,14-,15+/m0/s1. The molecule has 7 nitrogen and oxygen atoms in total. The van der Waals surface area contributed by atoms with Crippen LogP contribution in [0.4, 0.5) is 4.79 Å². The summed E-state index contributed by atoms with van der Waals surface area (Å²) in [6.07, 6.45) is 5.09. The largest absolute Gasteiger partial charge is 0.396 e. The molecule has 1 aromatic heterocycles. The van der Waals surface area contributed by atoms with E-state index in [0.29, 0.717) is 24.6 Å². The highest BCUT2D eigenvalue weighted by molar-refractivity contribution is 5.75. The van der Waals surface area contributed by atoms with Gasteiger partial charge in [0.05, 0.1) is 12.5 Å². The highest BCUT2D eigenvalue weighted by Gasteiger charge is 2.21. The molecule has 0 saturated heterocycles. The lowest BCUT2D eigenvalue weighted by Crippen LogP contribution is -2.42. The first-order valence-corrected chi connectivity index (χ1v) is 8.36. The van der Waals surface area contributed by atoms with Gasteiger partial charge in [-0.1, -0.05) is 47.6 Å². The van der Waals surface area contributed by atoms with Gasteiger partial charge in [-0.25, -0.2) is 4.79 Å². The molecular formula is C18H22N4O3. The van der Waals surface area contributed by atoms with E-state index in [0.717, 1.165) is 5.56 Å². The van der Waals surface area contributed by atoms with Crippen LogP contribution >= 0.6 is 0 Å². The maximum absolute atomic E-state index is 12.1. The number of benzene rings is 1. The SMILES string of the molecule is CC(NC(=O)N[C@@H]1C=C[C@H](CO)C1)c1noc(Cc2ccccc2)n1. The predicted molar refractivity (Wildman–Crippen MR) is 91.7 cm³/mol. The normalized spacial score (nSPS) is 20.4. The molecule has 1 aliphatic rings. The lowest BCUT2D eigenvalue weighted by atomic mass is 10.1. The number of rotatable bonds is 6. The Bertz CT molecular complexity index is 729. The summed E-state index contributed by atoms with van der Waals surface area (Å²) in [4.78, 5) is 16.4. The van der Waals surface area contributed by atoms with Crippen molar-refractivity contribution < 1.29 is 14.4 Å². The van der Waals surface area contributed by atoms with E-state index in [-0.39, 0.29) is 30.6 Å². The summed E-state index contributed by atoms with van der Waals surface area (Å²) in [7, 11) is 0. The Morgan fingerprint density at radius 1 is 1.36 bits per heavy atom. The Hall–Kier alpha value is -2.67. The van der Waals surface area contributed by atoms with E-state index >= 15 is 0 Å². The fourth-order valence-electron chi connectivity index (χ4n) is 2.77. The molecule has 2 aromatic rings. The first-order chi connectivity index (χ1) is 12.1. The van der Waals surface area contributed by atoms with Gasteiger partial charge in [0, 0.05) is 18.6 Å². The minimum absolute atomic E-state index is 0.0664. The van der Waals surface area contributed by atoms with E-state index in [1.54, 1.807) is 6.92 Å². The van der Waals surface area contributed by atoms with Crippen LogP contribution in [0, 0.1) is 5.92 Å². The summed E-state index contributed by atoms with van der Waals surface area (Å²) in [6, 6.07) is 9.13. The molecule has 3 atom stereocenters. The number of carbonyl (C=O) groups is 1. The third-order valence-corrected chi connectivity index (χ3v) is 4.14. The van der Waals surface area contributed by atoms with Gasteiger partial charge in [0.2, 0.25) is 5.89 Å². The first kappa shape index (κ1) is 17.2. The van der Waals surface area contributed by atoms with Gasteiger partial charge in [0.1, 0.15) is 0 Å². The van der Waals surface area contributed by atoms with Crippen LogP contribution in [0.3, 0.4) is 0 Å². The van der Waals surface area contributed by atoms with E-state index in [2.05, 4.69) is 20.8 Å². The van der Waals surface area contributed by atoms with Crippen molar-refractivity contribution in [2.24, 2.45) is 5.92 Å². The fourth-order valence-corrected chi connectivity index (χ4v) is 2.77. The molecule has 1 aromatic carbocycles. The zero-order valence-electron chi connectivity index (χ0n) is 14.1. The van der Waals surface area contributed by atoms with Crippen LogP contribution in [0.25, 0.3) is 0 Å². The zero-order chi connectivity index (χ0) is 17.6. The van der Waals surface area contributed by atoms with Crippen LogP contribution in [0.15, 0.2) is 47.0 Å². The zero-order valence-corrected chi connectivity index (χ0v) is 14.1. The highest BCUT2D eigenvalue weighted by atomic mass is 16.5. The van der Waals surface area contributed by atoms with E-state index < -0.39 is 0 Å². The second-order valence-electron chi connectivity index (χ2n) is 6.22. The Morgan fingerprint density at radius 2 is 2.16 bits per heavy atom. The Kier molecular flexibility index (Phi) is 5.45. The summed E-state index contributed by atoms with van der Waals surface area (Å²) >= 11 is 0. The Balaban J connectivity index is 1.50. The summed E-state index contributed by atoms with van der Waals surface area (Å²) < 4.78 is 5.26. The predicted octanol–water partition coefficient (Wildman–Crippen LogP) is 1.96.